The van der Waals surface area contributed by atoms with Crippen LogP contribution in [0.25, 0.3) is 0 Å². The highest BCUT2D eigenvalue weighted by atomic mass is 16.5. The van der Waals surface area contributed by atoms with Gasteiger partial charge in [0.1, 0.15) is 0 Å². The maximum atomic E-state index is 5.83. The van der Waals surface area contributed by atoms with Gasteiger partial charge >= 0.3 is 0 Å². The molecular weight excluding hydrogens is 126 g/mol. The molecule has 1 aliphatic carbocycles. The molecule has 0 aromatic carbocycles. The first-order chi connectivity index (χ1) is 4.60. The van der Waals surface area contributed by atoms with E-state index in [4.69, 9.17) is 10.5 Å². The summed E-state index contributed by atoms with van der Waals surface area (Å²) < 4.78 is 4.98. The number of ether oxygens (including phenoxy) is 1. The number of hydrogen-bond acceptors (Lipinski definition) is 2. The van der Waals surface area contributed by atoms with Gasteiger partial charge in [-0.1, -0.05) is 13.8 Å². The van der Waals surface area contributed by atoms with E-state index in [2.05, 4.69) is 13.8 Å². The minimum absolute atomic E-state index is 0.374. The van der Waals surface area contributed by atoms with E-state index in [1.807, 2.05) is 0 Å². The van der Waals surface area contributed by atoms with Gasteiger partial charge in [-0.25, -0.2) is 0 Å². The Morgan fingerprint density at radius 3 is 2.30 bits per heavy atom. The SMILES string of the molecule is COCC[C@@H]1[C@@H](N)C1(C)C. The van der Waals surface area contributed by atoms with Gasteiger partial charge < -0.3 is 10.5 Å². The van der Waals surface area contributed by atoms with Gasteiger partial charge in [0.2, 0.25) is 0 Å². The molecule has 60 valence electrons. The molecule has 1 saturated carbocycles. The Morgan fingerprint density at radius 2 is 2.00 bits per heavy atom. The van der Waals surface area contributed by atoms with E-state index >= 15 is 0 Å². The summed E-state index contributed by atoms with van der Waals surface area (Å²) in [7, 11) is 1.74. The van der Waals surface area contributed by atoms with Crippen molar-refractivity contribution in [3.8, 4) is 0 Å². The molecule has 2 nitrogen and oxygen atoms in total. The maximum Gasteiger partial charge on any atom is 0.0465 e. The van der Waals surface area contributed by atoms with E-state index in [0.717, 1.165) is 13.0 Å². The van der Waals surface area contributed by atoms with Crippen molar-refractivity contribution in [2.24, 2.45) is 17.1 Å². The van der Waals surface area contributed by atoms with E-state index in [1.54, 1.807) is 7.11 Å². The number of nitrogens with two attached hydrogens (primary N) is 1. The van der Waals surface area contributed by atoms with Crippen LogP contribution in [0.15, 0.2) is 0 Å². The van der Waals surface area contributed by atoms with Crippen LogP contribution in [-0.2, 0) is 4.74 Å². The van der Waals surface area contributed by atoms with E-state index < -0.39 is 0 Å². The quantitative estimate of drug-likeness (QED) is 0.640. The zero-order valence-electron chi connectivity index (χ0n) is 7.05. The molecule has 0 saturated heterocycles. The molecule has 2 atom stereocenters. The Balaban J connectivity index is 2.22. The first kappa shape index (κ1) is 8.02. The molecule has 0 radical (unpaired) electrons. The summed E-state index contributed by atoms with van der Waals surface area (Å²) in [5.41, 5.74) is 6.20. The molecule has 0 unspecified atom stereocenters. The fraction of sp³-hybridized carbons (Fsp3) is 1.00. The molecule has 0 aliphatic heterocycles. The zero-order chi connectivity index (χ0) is 7.78. The summed E-state index contributed by atoms with van der Waals surface area (Å²) in [6, 6.07) is 0.405. The number of hydrogen-bond donors (Lipinski definition) is 1. The first-order valence-electron chi connectivity index (χ1n) is 3.85. The van der Waals surface area contributed by atoms with Crippen LogP contribution >= 0.6 is 0 Å². The Hall–Kier alpha value is -0.0800. The van der Waals surface area contributed by atoms with Crippen molar-refractivity contribution in [2.45, 2.75) is 26.3 Å². The van der Waals surface area contributed by atoms with Crippen molar-refractivity contribution < 1.29 is 4.74 Å². The van der Waals surface area contributed by atoms with Gasteiger partial charge in [0.05, 0.1) is 0 Å². The summed E-state index contributed by atoms with van der Waals surface area (Å²) in [6.07, 6.45) is 1.12. The molecule has 0 aromatic rings. The van der Waals surface area contributed by atoms with Crippen LogP contribution in [0.2, 0.25) is 0 Å². The van der Waals surface area contributed by atoms with Gasteiger partial charge in [-0.2, -0.15) is 0 Å². The maximum absolute atomic E-state index is 5.83. The van der Waals surface area contributed by atoms with Crippen LogP contribution in [-0.4, -0.2) is 19.8 Å². The lowest BCUT2D eigenvalue weighted by Crippen LogP contribution is -2.06. The smallest absolute Gasteiger partial charge is 0.0465 e. The lowest BCUT2D eigenvalue weighted by Gasteiger charge is -1.99. The van der Waals surface area contributed by atoms with Crippen molar-refractivity contribution in [1.82, 2.24) is 0 Å². The normalized spacial score (nSPS) is 36.0. The van der Waals surface area contributed by atoms with Crippen LogP contribution in [0.3, 0.4) is 0 Å². The molecule has 1 aliphatic rings. The van der Waals surface area contributed by atoms with Crippen molar-refractivity contribution in [3.63, 3.8) is 0 Å². The molecule has 2 heteroatoms. The van der Waals surface area contributed by atoms with E-state index in [-0.39, 0.29) is 0 Å². The van der Waals surface area contributed by atoms with Gasteiger partial charge in [-0.05, 0) is 17.8 Å². The highest BCUT2D eigenvalue weighted by Crippen LogP contribution is 2.52. The molecule has 1 fully saturated rings. The first-order valence-corrected chi connectivity index (χ1v) is 3.85. The van der Waals surface area contributed by atoms with Crippen LogP contribution in [0.1, 0.15) is 20.3 Å². The van der Waals surface area contributed by atoms with Crippen molar-refractivity contribution >= 4 is 0 Å². The van der Waals surface area contributed by atoms with Gasteiger partial charge in [-0.3, -0.25) is 0 Å². The lowest BCUT2D eigenvalue weighted by atomic mass is 10.1. The average Bonchev–Trinajstić information content (AvgIpc) is 2.31. The molecule has 0 heterocycles. The lowest BCUT2D eigenvalue weighted by molar-refractivity contribution is 0.185. The molecule has 1 rings (SSSR count). The predicted octanol–water partition coefficient (Wildman–Crippen LogP) is 1.01. The van der Waals surface area contributed by atoms with Crippen molar-refractivity contribution in [1.29, 1.82) is 0 Å². The summed E-state index contributed by atoms with van der Waals surface area (Å²) in [5, 5.41) is 0. The highest BCUT2D eigenvalue weighted by Gasteiger charge is 2.54. The summed E-state index contributed by atoms with van der Waals surface area (Å²) in [4.78, 5) is 0. The third-order valence-electron chi connectivity index (χ3n) is 2.77. The minimum Gasteiger partial charge on any atom is -0.385 e. The monoisotopic (exact) mass is 143 g/mol. The molecular formula is C8H17NO. The zero-order valence-corrected chi connectivity index (χ0v) is 7.05. The molecule has 2 N–H and O–H groups in total. The topological polar surface area (TPSA) is 35.2 Å². The minimum atomic E-state index is 0.374. The number of rotatable bonds is 3. The Bertz CT molecular complexity index is 122. The third-order valence-corrected chi connectivity index (χ3v) is 2.77. The van der Waals surface area contributed by atoms with Gasteiger partial charge in [0.25, 0.3) is 0 Å². The largest absolute Gasteiger partial charge is 0.385 e. The molecule has 0 bridgehead atoms. The van der Waals surface area contributed by atoms with E-state index in [0.29, 0.717) is 17.4 Å². The fourth-order valence-electron chi connectivity index (χ4n) is 1.58. The number of methoxy groups -OCH3 is 1. The van der Waals surface area contributed by atoms with E-state index in [1.165, 1.54) is 0 Å². The van der Waals surface area contributed by atoms with Crippen LogP contribution in [0.5, 0.6) is 0 Å². The Kier molecular flexibility index (Phi) is 2.02. The van der Waals surface area contributed by atoms with Crippen LogP contribution in [0, 0.1) is 11.3 Å². The predicted molar refractivity (Wildman–Crippen MR) is 41.7 cm³/mol. The summed E-state index contributed by atoms with van der Waals surface area (Å²) >= 11 is 0. The Morgan fingerprint density at radius 1 is 1.50 bits per heavy atom. The molecule has 0 spiro atoms. The molecule has 10 heavy (non-hydrogen) atoms. The standard InChI is InChI=1S/C8H17NO/c1-8(2)6(7(8)9)4-5-10-3/h6-7H,4-5,9H2,1-3H3/t6-,7-/m1/s1. The molecule has 0 amide bonds. The van der Waals surface area contributed by atoms with E-state index in [9.17, 15) is 0 Å². The summed E-state index contributed by atoms with van der Waals surface area (Å²) in [6.45, 7) is 5.29. The molecule has 0 aromatic heterocycles. The van der Waals surface area contributed by atoms with Gasteiger partial charge in [0, 0.05) is 19.8 Å². The van der Waals surface area contributed by atoms with Gasteiger partial charge in [0.15, 0.2) is 0 Å². The van der Waals surface area contributed by atoms with Crippen LogP contribution in [0.4, 0.5) is 0 Å². The Labute approximate surface area is 62.7 Å². The van der Waals surface area contributed by atoms with Crippen molar-refractivity contribution in [2.75, 3.05) is 13.7 Å². The second-order valence-electron chi connectivity index (χ2n) is 3.74. The summed E-state index contributed by atoms with van der Waals surface area (Å²) in [5.74, 6) is 0.687. The average molecular weight is 143 g/mol. The second kappa shape index (κ2) is 2.51. The van der Waals surface area contributed by atoms with Crippen LogP contribution < -0.4 is 5.73 Å². The van der Waals surface area contributed by atoms with Crippen molar-refractivity contribution in [3.05, 3.63) is 0 Å². The highest BCUT2D eigenvalue weighted by molar-refractivity contribution is 5.08. The fourth-order valence-corrected chi connectivity index (χ4v) is 1.58. The second-order valence-corrected chi connectivity index (χ2v) is 3.74. The third kappa shape index (κ3) is 1.18. The van der Waals surface area contributed by atoms with Gasteiger partial charge in [-0.15, -0.1) is 0 Å².